The zero-order valence-corrected chi connectivity index (χ0v) is 14.8. The molecule has 3 aromatic rings. The number of nitrogens with one attached hydrogen (secondary N) is 1. The summed E-state index contributed by atoms with van der Waals surface area (Å²) in [7, 11) is 0. The minimum Gasteiger partial charge on any atom is -0.346 e. The molecule has 0 radical (unpaired) electrons. The highest BCUT2D eigenvalue weighted by Crippen LogP contribution is 2.32. The molecule has 0 aliphatic heterocycles. The van der Waals surface area contributed by atoms with E-state index in [4.69, 9.17) is 0 Å². The summed E-state index contributed by atoms with van der Waals surface area (Å²) in [6.07, 6.45) is 4.73. The zero-order valence-electron chi connectivity index (χ0n) is 14.0. The van der Waals surface area contributed by atoms with Gasteiger partial charge in [-0.2, -0.15) is 0 Å². The van der Waals surface area contributed by atoms with Crippen molar-refractivity contribution in [2.45, 2.75) is 38.8 Å². The number of carbonyl (C=O) groups is 1. The van der Waals surface area contributed by atoms with Crippen LogP contribution in [0.4, 0.5) is 0 Å². The fourth-order valence-electron chi connectivity index (χ4n) is 3.47. The number of hydrogen-bond acceptors (Lipinski definition) is 4. The first kappa shape index (κ1) is 16.0. The van der Waals surface area contributed by atoms with Crippen molar-refractivity contribution in [1.29, 1.82) is 0 Å². The summed E-state index contributed by atoms with van der Waals surface area (Å²) in [5, 5.41) is 4.81. The Balaban J connectivity index is 1.56. The molecule has 6 heteroatoms. The van der Waals surface area contributed by atoms with Crippen molar-refractivity contribution < 1.29 is 4.79 Å². The number of para-hydroxylation sites is 1. The second-order valence-corrected chi connectivity index (χ2v) is 7.67. The van der Waals surface area contributed by atoms with Crippen molar-refractivity contribution in [1.82, 2.24) is 14.9 Å². The first-order valence-corrected chi connectivity index (χ1v) is 9.27. The highest BCUT2D eigenvalue weighted by atomic mass is 32.1. The van der Waals surface area contributed by atoms with Gasteiger partial charge in [-0.25, -0.2) is 4.98 Å². The molecule has 0 bridgehead atoms. The Labute approximate surface area is 149 Å². The van der Waals surface area contributed by atoms with Crippen LogP contribution >= 0.6 is 11.3 Å². The Morgan fingerprint density at radius 1 is 1.36 bits per heavy atom. The lowest BCUT2D eigenvalue weighted by molar-refractivity contribution is -0.122. The first-order chi connectivity index (χ1) is 12.1. The van der Waals surface area contributed by atoms with Crippen molar-refractivity contribution in [3.63, 3.8) is 0 Å². The topological polar surface area (TPSA) is 64.0 Å². The lowest BCUT2D eigenvalue weighted by atomic mass is 9.97. The predicted octanol–water partition coefficient (Wildman–Crippen LogP) is 2.96. The van der Waals surface area contributed by atoms with Crippen LogP contribution in [0.2, 0.25) is 0 Å². The van der Waals surface area contributed by atoms with E-state index >= 15 is 0 Å². The van der Waals surface area contributed by atoms with Crippen molar-refractivity contribution in [2.75, 3.05) is 0 Å². The molecule has 0 fully saturated rings. The number of amides is 1. The fourth-order valence-corrected chi connectivity index (χ4v) is 4.51. The van der Waals surface area contributed by atoms with E-state index < -0.39 is 0 Å². The van der Waals surface area contributed by atoms with E-state index in [1.807, 2.05) is 29.7 Å². The van der Waals surface area contributed by atoms with E-state index in [1.54, 1.807) is 23.6 Å². The summed E-state index contributed by atoms with van der Waals surface area (Å²) in [4.78, 5) is 30.4. The number of rotatable bonds is 3. The molecule has 1 aliphatic carbocycles. The number of benzene rings is 1. The lowest BCUT2D eigenvalue weighted by Gasteiger charge is -2.22. The third kappa shape index (κ3) is 3.09. The minimum atomic E-state index is -0.0581. The number of aromatic nitrogens is 2. The summed E-state index contributed by atoms with van der Waals surface area (Å²) in [6.45, 7) is 2.20. The molecule has 1 aromatic carbocycles. The largest absolute Gasteiger partial charge is 0.346 e. The summed E-state index contributed by atoms with van der Waals surface area (Å²) < 4.78 is 1.82. The highest BCUT2D eigenvalue weighted by molar-refractivity contribution is 7.11. The minimum absolute atomic E-state index is 0.00755. The molecule has 0 unspecified atom stereocenters. The number of aryl methyl sites for hydroxylation is 2. The van der Waals surface area contributed by atoms with Gasteiger partial charge in [0.15, 0.2) is 5.43 Å². The molecule has 128 valence electrons. The SMILES string of the molecule is Cc1nc2c(s1)CCC[C@H]2NC(=O)Cn1ccc(=O)c2ccccc21. The third-order valence-corrected chi connectivity index (χ3v) is 5.64. The van der Waals surface area contributed by atoms with Crippen LogP contribution in [-0.2, 0) is 17.8 Å². The number of fused-ring (bicyclic) bond motifs is 2. The predicted molar refractivity (Wildman–Crippen MR) is 98.9 cm³/mol. The molecule has 4 rings (SSSR count). The Bertz CT molecular complexity index is 1010. The summed E-state index contributed by atoms with van der Waals surface area (Å²) >= 11 is 1.73. The van der Waals surface area contributed by atoms with Gasteiger partial charge in [-0.3, -0.25) is 9.59 Å². The van der Waals surface area contributed by atoms with E-state index in [0.717, 1.165) is 35.5 Å². The van der Waals surface area contributed by atoms with Gasteiger partial charge in [-0.05, 0) is 38.3 Å². The van der Waals surface area contributed by atoms with Crippen molar-refractivity contribution in [2.24, 2.45) is 0 Å². The molecular weight excluding hydrogens is 334 g/mol. The molecule has 2 heterocycles. The number of hydrogen-bond donors (Lipinski definition) is 1. The Hall–Kier alpha value is -2.47. The maximum atomic E-state index is 12.6. The quantitative estimate of drug-likeness (QED) is 0.787. The van der Waals surface area contributed by atoms with Crippen LogP contribution in [0.1, 0.15) is 34.5 Å². The average molecular weight is 353 g/mol. The fraction of sp³-hybridized carbons (Fsp3) is 0.316. The molecule has 0 saturated carbocycles. The third-order valence-electron chi connectivity index (χ3n) is 4.60. The van der Waals surface area contributed by atoms with E-state index in [2.05, 4.69) is 10.3 Å². The van der Waals surface area contributed by atoms with E-state index in [9.17, 15) is 9.59 Å². The van der Waals surface area contributed by atoms with Crippen LogP contribution in [0, 0.1) is 6.92 Å². The van der Waals surface area contributed by atoms with E-state index in [0.29, 0.717) is 5.39 Å². The Morgan fingerprint density at radius 3 is 3.08 bits per heavy atom. The smallest absolute Gasteiger partial charge is 0.240 e. The van der Waals surface area contributed by atoms with E-state index in [-0.39, 0.29) is 23.9 Å². The highest BCUT2D eigenvalue weighted by Gasteiger charge is 2.25. The number of carbonyl (C=O) groups excluding carboxylic acids is 1. The van der Waals surface area contributed by atoms with Gasteiger partial charge in [-0.15, -0.1) is 11.3 Å². The van der Waals surface area contributed by atoms with Gasteiger partial charge in [0, 0.05) is 22.5 Å². The Morgan fingerprint density at radius 2 is 2.20 bits per heavy atom. The molecule has 1 aliphatic rings. The van der Waals surface area contributed by atoms with Crippen LogP contribution in [-0.4, -0.2) is 15.5 Å². The van der Waals surface area contributed by atoms with Gasteiger partial charge in [0.25, 0.3) is 0 Å². The van der Waals surface area contributed by atoms with Crippen LogP contribution < -0.4 is 10.7 Å². The Kier molecular flexibility index (Phi) is 4.13. The molecule has 2 aromatic heterocycles. The van der Waals surface area contributed by atoms with Gasteiger partial charge in [-0.1, -0.05) is 12.1 Å². The summed E-state index contributed by atoms with van der Waals surface area (Å²) in [5.74, 6) is -0.0581. The van der Waals surface area contributed by atoms with Gasteiger partial charge < -0.3 is 9.88 Å². The van der Waals surface area contributed by atoms with Crippen LogP contribution in [0.15, 0.2) is 41.3 Å². The van der Waals surface area contributed by atoms with Crippen LogP contribution in [0.5, 0.6) is 0 Å². The molecule has 5 nitrogen and oxygen atoms in total. The summed E-state index contributed by atoms with van der Waals surface area (Å²) in [6, 6.07) is 8.87. The van der Waals surface area contributed by atoms with E-state index in [1.165, 1.54) is 10.9 Å². The normalized spacial score (nSPS) is 16.6. The van der Waals surface area contributed by atoms with Gasteiger partial charge in [0.1, 0.15) is 6.54 Å². The van der Waals surface area contributed by atoms with Gasteiger partial charge in [0.2, 0.25) is 5.91 Å². The molecule has 0 spiro atoms. The van der Waals surface area contributed by atoms with Crippen molar-refractivity contribution in [3.05, 3.63) is 62.3 Å². The monoisotopic (exact) mass is 353 g/mol. The van der Waals surface area contributed by atoms with Gasteiger partial charge in [0.05, 0.1) is 22.3 Å². The maximum Gasteiger partial charge on any atom is 0.240 e. The average Bonchev–Trinajstić information content (AvgIpc) is 2.99. The molecular formula is C19H19N3O2S. The lowest BCUT2D eigenvalue weighted by Crippen LogP contribution is -2.33. The molecule has 0 saturated heterocycles. The zero-order chi connectivity index (χ0) is 17.4. The molecule has 25 heavy (non-hydrogen) atoms. The number of nitrogens with zero attached hydrogens (tertiary/aromatic N) is 2. The number of pyridine rings is 1. The first-order valence-electron chi connectivity index (χ1n) is 8.45. The van der Waals surface area contributed by atoms with Gasteiger partial charge >= 0.3 is 0 Å². The maximum absolute atomic E-state index is 12.6. The molecule has 1 N–H and O–H groups in total. The van der Waals surface area contributed by atoms with Crippen molar-refractivity contribution >= 4 is 28.1 Å². The molecule has 1 amide bonds. The molecule has 1 atom stereocenters. The second kappa shape index (κ2) is 6.44. The second-order valence-electron chi connectivity index (χ2n) is 6.38. The van der Waals surface area contributed by atoms with Crippen LogP contribution in [0.3, 0.4) is 0 Å². The van der Waals surface area contributed by atoms with Crippen LogP contribution in [0.25, 0.3) is 10.9 Å². The van der Waals surface area contributed by atoms with Crippen molar-refractivity contribution in [3.8, 4) is 0 Å². The number of thiazole rings is 1. The summed E-state index contributed by atoms with van der Waals surface area (Å²) in [5.41, 5.74) is 1.79. The standard InChI is InChI=1S/C19H19N3O2S/c1-12-20-19-14(6-4-8-17(19)25-12)21-18(24)11-22-10-9-16(23)13-5-2-3-7-15(13)22/h2-3,5,7,9-10,14H,4,6,8,11H2,1H3,(H,21,24)/t14-/m1/s1.